The third-order valence-corrected chi connectivity index (χ3v) is 3.63. The molecule has 0 unspecified atom stereocenters. The third kappa shape index (κ3) is 4.23. The van der Waals surface area contributed by atoms with Gasteiger partial charge in [0.2, 0.25) is 0 Å². The first kappa shape index (κ1) is 16.8. The van der Waals surface area contributed by atoms with E-state index in [-0.39, 0.29) is 5.91 Å². The maximum atomic E-state index is 12.2. The normalized spacial score (nSPS) is 10.2. The SMILES string of the molecule is COc1ccc(CCNC(=O)c2ccccc2CN)cc1OC. The smallest absolute Gasteiger partial charge is 0.251 e. The van der Waals surface area contributed by atoms with Gasteiger partial charge < -0.3 is 20.5 Å². The van der Waals surface area contributed by atoms with Crippen molar-refractivity contribution in [2.45, 2.75) is 13.0 Å². The molecule has 0 atom stereocenters. The van der Waals surface area contributed by atoms with Crippen LogP contribution >= 0.6 is 0 Å². The summed E-state index contributed by atoms with van der Waals surface area (Å²) in [6.45, 7) is 0.881. The Morgan fingerprint density at radius 2 is 1.83 bits per heavy atom. The Hall–Kier alpha value is -2.53. The average Bonchev–Trinajstić information content (AvgIpc) is 2.61. The number of hydrogen-bond donors (Lipinski definition) is 2. The zero-order valence-electron chi connectivity index (χ0n) is 13.5. The highest BCUT2D eigenvalue weighted by atomic mass is 16.5. The number of carbonyl (C=O) groups is 1. The van der Waals surface area contributed by atoms with E-state index in [0.29, 0.717) is 36.6 Å². The second-order valence-electron chi connectivity index (χ2n) is 5.06. The van der Waals surface area contributed by atoms with E-state index in [1.54, 1.807) is 20.3 Å². The molecule has 0 spiro atoms. The van der Waals surface area contributed by atoms with Crippen LogP contribution in [0.2, 0.25) is 0 Å². The molecule has 3 N–H and O–H groups in total. The molecular formula is C18H22N2O3. The molecule has 0 bridgehead atoms. The summed E-state index contributed by atoms with van der Waals surface area (Å²) in [5.41, 5.74) is 8.20. The van der Waals surface area contributed by atoms with Gasteiger partial charge in [-0.2, -0.15) is 0 Å². The molecule has 0 aliphatic heterocycles. The molecule has 0 saturated carbocycles. The molecule has 0 fully saturated rings. The van der Waals surface area contributed by atoms with Crippen molar-refractivity contribution >= 4 is 5.91 Å². The van der Waals surface area contributed by atoms with Crippen molar-refractivity contribution in [3.63, 3.8) is 0 Å². The molecular weight excluding hydrogens is 292 g/mol. The highest BCUT2D eigenvalue weighted by molar-refractivity contribution is 5.95. The Balaban J connectivity index is 1.95. The molecule has 2 aromatic carbocycles. The molecule has 2 rings (SSSR count). The van der Waals surface area contributed by atoms with Gasteiger partial charge in [-0.05, 0) is 35.7 Å². The number of nitrogens with two attached hydrogens (primary N) is 1. The summed E-state index contributed by atoms with van der Waals surface area (Å²) in [4.78, 5) is 12.2. The quantitative estimate of drug-likeness (QED) is 0.821. The molecule has 0 aliphatic carbocycles. The van der Waals surface area contributed by atoms with Crippen molar-refractivity contribution in [3.8, 4) is 11.5 Å². The minimum absolute atomic E-state index is 0.105. The van der Waals surface area contributed by atoms with Crippen molar-refractivity contribution < 1.29 is 14.3 Å². The summed E-state index contributed by atoms with van der Waals surface area (Å²) < 4.78 is 10.5. The fourth-order valence-corrected chi connectivity index (χ4v) is 2.37. The lowest BCUT2D eigenvalue weighted by molar-refractivity contribution is 0.0953. The van der Waals surface area contributed by atoms with E-state index < -0.39 is 0 Å². The van der Waals surface area contributed by atoms with Crippen LogP contribution in [0.25, 0.3) is 0 Å². The topological polar surface area (TPSA) is 73.6 Å². The zero-order chi connectivity index (χ0) is 16.7. The molecule has 0 aromatic heterocycles. The maximum Gasteiger partial charge on any atom is 0.251 e. The van der Waals surface area contributed by atoms with E-state index in [2.05, 4.69) is 5.32 Å². The molecule has 0 heterocycles. The van der Waals surface area contributed by atoms with E-state index in [1.165, 1.54) is 0 Å². The lowest BCUT2D eigenvalue weighted by atomic mass is 10.1. The summed E-state index contributed by atoms with van der Waals surface area (Å²) in [6.07, 6.45) is 0.705. The predicted octanol–water partition coefficient (Wildman–Crippen LogP) is 2.13. The number of hydrogen-bond acceptors (Lipinski definition) is 4. The molecule has 5 heteroatoms. The van der Waals surface area contributed by atoms with Gasteiger partial charge in [0.25, 0.3) is 5.91 Å². The maximum absolute atomic E-state index is 12.2. The highest BCUT2D eigenvalue weighted by Gasteiger charge is 2.09. The molecule has 0 aliphatic rings. The van der Waals surface area contributed by atoms with Gasteiger partial charge in [-0.3, -0.25) is 4.79 Å². The van der Waals surface area contributed by atoms with Crippen LogP contribution in [0.3, 0.4) is 0 Å². The summed E-state index contributed by atoms with van der Waals surface area (Å²) in [5, 5.41) is 2.92. The van der Waals surface area contributed by atoms with Gasteiger partial charge in [0.05, 0.1) is 14.2 Å². The van der Waals surface area contributed by atoms with Gasteiger partial charge in [0.1, 0.15) is 0 Å². The van der Waals surface area contributed by atoms with Crippen LogP contribution in [-0.4, -0.2) is 26.7 Å². The van der Waals surface area contributed by atoms with Gasteiger partial charge in [-0.1, -0.05) is 24.3 Å². The van der Waals surface area contributed by atoms with Gasteiger partial charge in [-0.15, -0.1) is 0 Å². The largest absolute Gasteiger partial charge is 0.493 e. The molecule has 0 saturated heterocycles. The Bertz CT molecular complexity index is 671. The van der Waals surface area contributed by atoms with Crippen LogP contribution in [0.15, 0.2) is 42.5 Å². The van der Waals surface area contributed by atoms with Crippen molar-refractivity contribution in [1.82, 2.24) is 5.32 Å². The average molecular weight is 314 g/mol. The van der Waals surface area contributed by atoms with Crippen molar-refractivity contribution in [1.29, 1.82) is 0 Å². The van der Waals surface area contributed by atoms with Crippen molar-refractivity contribution in [2.75, 3.05) is 20.8 Å². The summed E-state index contributed by atoms with van der Waals surface area (Å²) in [6, 6.07) is 13.1. The first-order chi connectivity index (χ1) is 11.2. The number of methoxy groups -OCH3 is 2. The van der Waals surface area contributed by atoms with E-state index in [9.17, 15) is 4.79 Å². The number of amides is 1. The number of rotatable bonds is 7. The second-order valence-corrected chi connectivity index (χ2v) is 5.06. The Kier molecular flexibility index (Phi) is 6.00. The summed E-state index contributed by atoms with van der Waals surface area (Å²) in [7, 11) is 3.21. The minimum atomic E-state index is -0.105. The first-order valence-corrected chi connectivity index (χ1v) is 7.46. The Labute approximate surface area is 136 Å². The van der Waals surface area contributed by atoms with Crippen LogP contribution < -0.4 is 20.5 Å². The third-order valence-electron chi connectivity index (χ3n) is 3.63. The molecule has 5 nitrogen and oxygen atoms in total. The Morgan fingerprint density at radius 3 is 2.52 bits per heavy atom. The number of ether oxygens (including phenoxy) is 2. The van der Waals surface area contributed by atoms with Gasteiger partial charge in [0, 0.05) is 18.7 Å². The summed E-state index contributed by atoms with van der Waals surface area (Å²) in [5.74, 6) is 1.27. The standard InChI is InChI=1S/C18H22N2O3/c1-22-16-8-7-13(11-17(16)23-2)9-10-20-18(21)15-6-4-3-5-14(15)12-19/h3-8,11H,9-10,12,19H2,1-2H3,(H,20,21). The summed E-state index contributed by atoms with van der Waals surface area (Å²) >= 11 is 0. The first-order valence-electron chi connectivity index (χ1n) is 7.46. The van der Waals surface area contributed by atoms with Crippen LogP contribution in [0.4, 0.5) is 0 Å². The fraction of sp³-hybridized carbons (Fsp3) is 0.278. The van der Waals surface area contributed by atoms with Gasteiger partial charge >= 0.3 is 0 Å². The van der Waals surface area contributed by atoms with Gasteiger partial charge in [-0.25, -0.2) is 0 Å². The van der Waals surface area contributed by atoms with Crippen LogP contribution in [0.5, 0.6) is 11.5 Å². The fourth-order valence-electron chi connectivity index (χ4n) is 2.37. The Morgan fingerprint density at radius 1 is 1.09 bits per heavy atom. The van der Waals surface area contributed by atoms with Crippen LogP contribution in [-0.2, 0) is 13.0 Å². The number of nitrogens with one attached hydrogen (secondary N) is 1. The molecule has 2 aromatic rings. The number of carbonyl (C=O) groups excluding carboxylic acids is 1. The molecule has 23 heavy (non-hydrogen) atoms. The van der Waals surface area contributed by atoms with Gasteiger partial charge in [0.15, 0.2) is 11.5 Å². The van der Waals surface area contributed by atoms with E-state index in [0.717, 1.165) is 11.1 Å². The second kappa shape index (κ2) is 8.19. The highest BCUT2D eigenvalue weighted by Crippen LogP contribution is 2.27. The molecule has 1 amide bonds. The van der Waals surface area contributed by atoms with Crippen molar-refractivity contribution in [2.24, 2.45) is 5.73 Å². The lowest BCUT2D eigenvalue weighted by Crippen LogP contribution is -2.27. The number of benzene rings is 2. The molecule has 122 valence electrons. The predicted molar refractivity (Wildman–Crippen MR) is 89.9 cm³/mol. The molecule has 0 radical (unpaired) electrons. The van der Waals surface area contributed by atoms with Crippen molar-refractivity contribution in [3.05, 3.63) is 59.2 Å². The van der Waals surface area contributed by atoms with E-state index >= 15 is 0 Å². The monoisotopic (exact) mass is 314 g/mol. The minimum Gasteiger partial charge on any atom is -0.493 e. The lowest BCUT2D eigenvalue weighted by Gasteiger charge is -2.11. The van der Waals surface area contributed by atoms with Crippen LogP contribution in [0, 0.1) is 0 Å². The zero-order valence-corrected chi connectivity index (χ0v) is 13.5. The van der Waals surface area contributed by atoms with Crippen LogP contribution in [0.1, 0.15) is 21.5 Å². The van der Waals surface area contributed by atoms with E-state index in [4.69, 9.17) is 15.2 Å². The van der Waals surface area contributed by atoms with E-state index in [1.807, 2.05) is 36.4 Å².